The second-order valence-electron chi connectivity index (χ2n) is 5.94. The molecule has 1 aromatic heterocycles. The molecule has 1 atom stereocenters. The number of carboxylic acid groups (broad SMARTS) is 1. The Morgan fingerprint density at radius 1 is 1.43 bits per heavy atom. The summed E-state index contributed by atoms with van der Waals surface area (Å²) in [5.41, 5.74) is 0.196. The number of piperidine rings is 1. The molecule has 0 aliphatic carbocycles. The highest BCUT2D eigenvalue weighted by molar-refractivity contribution is 5.86. The first kappa shape index (κ1) is 17.5. The summed E-state index contributed by atoms with van der Waals surface area (Å²) >= 11 is 0. The minimum atomic E-state index is -0.970. The van der Waals surface area contributed by atoms with Crippen molar-refractivity contribution in [2.45, 2.75) is 51.7 Å². The summed E-state index contributed by atoms with van der Waals surface area (Å²) in [6.07, 6.45) is 6.08. The van der Waals surface area contributed by atoms with Gasteiger partial charge in [0, 0.05) is 25.9 Å². The van der Waals surface area contributed by atoms with Crippen LogP contribution in [-0.4, -0.2) is 57.5 Å². The molecule has 1 saturated heterocycles. The van der Waals surface area contributed by atoms with Crippen molar-refractivity contribution in [3.05, 3.63) is 18.0 Å². The molecule has 2 rings (SSSR count). The lowest BCUT2D eigenvalue weighted by molar-refractivity contribution is -0.144. The van der Waals surface area contributed by atoms with Gasteiger partial charge < -0.3 is 14.7 Å². The van der Waals surface area contributed by atoms with E-state index in [1.54, 1.807) is 17.8 Å². The molecule has 1 unspecified atom stereocenters. The number of carbonyl (C=O) groups is 2. The Bertz CT molecular complexity index is 535. The van der Waals surface area contributed by atoms with Crippen molar-refractivity contribution in [2.75, 3.05) is 19.7 Å². The van der Waals surface area contributed by atoms with E-state index >= 15 is 0 Å². The number of rotatable bonds is 7. The molecule has 23 heavy (non-hydrogen) atoms. The molecule has 0 aromatic carbocycles. The van der Waals surface area contributed by atoms with Crippen molar-refractivity contribution in [1.29, 1.82) is 0 Å². The average molecular weight is 323 g/mol. The third-order valence-corrected chi connectivity index (χ3v) is 4.21. The van der Waals surface area contributed by atoms with E-state index in [2.05, 4.69) is 12.0 Å². The predicted octanol–water partition coefficient (Wildman–Crippen LogP) is 1.95. The molecule has 0 spiro atoms. The number of amides is 1. The summed E-state index contributed by atoms with van der Waals surface area (Å²) in [5, 5.41) is 13.1. The number of aromatic nitrogens is 2. The lowest BCUT2D eigenvalue weighted by atomic mass is 10.0. The monoisotopic (exact) mass is 323 g/mol. The van der Waals surface area contributed by atoms with Gasteiger partial charge in [-0.25, -0.2) is 4.79 Å². The van der Waals surface area contributed by atoms with Crippen LogP contribution >= 0.6 is 0 Å². The van der Waals surface area contributed by atoms with Gasteiger partial charge in [0.2, 0.25) is 0 Å². The van der Waals surface area contributed by atoms with E-state index in [9.17, 15) is 9.59 Å². The molecule has 7 nitrogen and oxygen atoms in total. The maximum atomic E-state index is 12.3. The number of aromatic carboxylic acids is 1. The normalized spacial score (nSPS) is 17.2. The molecule has 1 N–H and O–H groups in total. The Kier molecular flexibility index (Phi) is 6.15. The minimum Gasteiger partial charge on any atom is -0.478 e. The number of unbranched alkanes of at least 4 members (excludes halogenated alkanes) is 1. The van der Waals surface area contributed by atoms with Crippen LogP contribution in [0.25, 0.3) is 0 Å². The quantitative estimate of drug-likeness (QED) is 0.775. The molecule has 0 bridgehead atoms. The molecule has 0 saturated carbocycles. The highest BCUT2D eigenvalue weighted by atomic mass is 16.5. The van der Waals surface area contributed by atoms with Crippen molar-refractivity contribution in [2.24, 2.45) is 0 Å². The van der Waals surface area contributed by atoms with Crippen molar-refractivity contribution in [1.82, 2.24) is 14.7 Å². The second-order valence-corrected chi connectivity index (χ2v) is 5.94. The van der Waals surface area contributed by atoms with Gasteiger partial charge in [0.1, 0.15) is 6.10 Å². The number of likely N-dealkylation sites (tertiary alicyclic amines) is 1. The summed E-state index contributed by atoms with van der Waals surface area (Å²) in [6, 6.07) is 0.142. The van der Waals surface area contributed by atoms with Gasteiger partial charge in [0.15, 0.2) is 0 Å². The van der Waals surface area contributed by atoms with Crippen molar-refractivity contribution in [3.63, 3.8) is 0 Å². The first-order chi connectivity index (χ1) is 11.0. The van der Waals surface area contributed by atoms with E-state index in [-0.39, 0.29) is 17.5 Å². The molecule has 1 aromatic rings. The molecule has 2 heterocycles. The summed E-state index contributed by atoms with van der Waals surface area (Å²) in [5.74, 6) is -0.937. The first-order valence-corrected chi connectivity index (χ1v) is 8.20. The topological polar surface area (TPSA) is 84.7 Å². The van der Waals surface area contributed by atoms with Crippen LogP contribution in [0.3, 0.4) is 0 Å². The fraction of sp³-hybridized carbons (Fsp3) is 0.688. The van der Waals surface area contributed by atoms with Crippen LogP contribution < -0.4 is 0 Å². The van der Waals surface area contributed by atoms with Crippen molar-refractivity contribution < 1.29 is 19.4 Å². The number of carboxylic acids is 1. The molecule has 7 heteroatoms. The lowest BCUT2D eigenvalue weighted by Crippen LogP contribution is -2.44. The molecule has 1 aliphatic heterocycles. The third-order valence-electron chi connectivity index (χ3n) is 4.21. The second kappa shape index (κ2) is 8.10. The number of hydrogen-bond donors (Lipinski definition) is 1. The number of nitrogens with zero attached hydrogens (tertiary/aromatic N) is 3. The summed E-state index contributed by atoms with van der Waals surface area (Å²) < 4.78 is 7.27. The van der Waals surface area contributed by atoms with E-state index in [1.165, 1.54) is 6.20 Å². The largest absolute Gasteiger partial charge is 0.478 e. The van der Waals surface area contributed by atoms with Gasteiger partial charge in [0.25, 0.3) is 5.91 Å². The molecule has 128 valence electrons. The van der Waals surface area contributed by atoms with Crippen LogP contribution in [0, 0.1) is 0 Å². The van der Waals surface area contributed by atoms with Crippen LogP contribution in [0.1, 0.15) is 55.9 Å². The fourth-order valence-corrected chi connectivity index (χ4v) is 2.73. The van der Waals surface area contributed by atoms with Crippen LogP contribution in [0.15, 0.2) is 12.4 Å². The zero-order chi connectivity index (χ0) is 16.8. The van der Waals surface area contributed by atoms with Crippen LogP contribution in [-0.2, 0) is 9.53 Å². The average Bonchev–Trinajstić information content (AvgIpc) is 3.05. The maximum absolute atomic E-state index is 12.3. The Morgan fingerprint density at radius 3 is 2.70 bits per heavy atom. The number of carbonyl (C=O) groups excluding carboxylic acids is 1. The Morgan fingerprint density at radius 2 is 2.13 bits per heavy atom. The van der Waals surface area contributed by atoms with Crippen molar-refractivity contribution >= 4 is 11.9 Å². The smallest absolute Gasteiger partial charge is 0.338 e. The molecular formula is C16H25N3O4. The van der Waals surface area contributed by atoms with E-state index in [1.807, 2.05) is 4.90 Å². The van der Waals surface area contributed by atoms with Crippen LogP contribution in [0.2, 0.25) is 0 Å². The van der Waals surface area contributed by atoms with Gasteiger partial charge in [-0.05, 0) is 26.2 Å². The van der Waals surface area contributed by atoms with E-state index in [0.717, 1.165) is 25.7 Å². The minimum absolute atomic E-state index is 0.0336. The van der Waals surface area contributed by atoms with E-state index in [4.69, 9.17) is 9.84 Å². The number of ether oxygens (including phenoxy) is 1. The van der Waals surface area contributed by atoms with E-state index < -0.39 is 12.1 Å². The Hall–Kier alpha value is -1.89. The van der Waals surface area contributed by atoms with Gasteiger partial charge in [0.05, 0.1) is 17.8 Å². The first-order valence-electron chi connectivity index (χ1n) is 8.20. The Labute approximate surface area is 136 Å². The van der Waals surface area contributed by atoms with Crippen LogP contribution in [0.4, 0.5) is 0 Å². The zero-order valence-corrected chi connectivity index (χ0v) is 13.8. The zero-order valence-electron chi connectivity index (χ0n) is 13.8. The summed E-state index contributed by atoms with van der Waals surface area (Å²) in [7, 11) is 0. The summed E-state index contributed by atoms with van der Waals surface area (Å²) in [6.45, 7) is 5.80. The van der Waals surface area contributed by atoms with Gasteiger partial charge in [-0.3, -0.25) is 9.48 Å². The highest BCUT2D eigenvalue weighted by Crippen LogP contribution is 2.23. The van der Waals surface area contributed by atoms with Gasteiger partial charge in [-0.1, -0.05) is 13.3 Å². The fourth-order valence-electron chi connectivity index (χ4n) is 2.73. The SMILES string of the molecule is CCCCOC(C)C(=O)N1CCC(n2cc(C(=O)O)cn2)CC1. The molecule has 0 radical (unpaired) electrons. The standard InChI is InChI=1S/C16H25N3O4/c1-3-4-9-23-12(2)15(20)18-7-5-14(6-8-18)19-11-13(10-17-19)16(21)22/h10-12,14H,3-9H2,1-2H3,(H,21,22). The highest BCUT2D eigenvalue weighted by Gasteiger charge is 2.27. The van der Waals surface area contributed by atoms with Gasteiger partial charge in [-0.15, -0.1) is 0 Å². The molecular weight excluding hydrogens is 298 g/mol. The molecule has 1 aliphatic rings. The van der Waals surface area contributed by atoms with Crippen molar-refractivity contribution in [3.8, 4) is 0 Å². The van der Waals surface area contributed by atoms with E-state index in [0.29, 0.717) is 19.7 Å². The predicted molar refractivity (Wildman–Crippen MR) is 84.4 cm³/mol. The van der Waals surface area contributed by atoms with Gasteiger partial charge >= 0.3 is 5.97 Å². The van der Waals surface area contributed by atoms with Crippen LogP contribution in [0.5, 0.6) is 0 Å². The third kappa shape index (κ3) is 4.54. The molecule has 1 amide bonds. The molecule has 1 fully saturated rings. The summed E-state index contributed by atoms with van der Waals surface area (Å²) in [4.78, 5) is 25.1. The maximum Gasteiger partial charge on any atom is 0.338 e. The Balaban J connectivity index is 1.82. The number of hydrogen-bond acceptors (Lipinski definition) is 4. The lowest BCUT2D eigenvalue weighted by Gasteiger charge is -2.33. The van der Waals surface area contributed by atoms with Gasteiger partial charge in [-0.2, -0.15) is 5.10 Å².